The molecule has 0 radical (unpaired) electrons. The van der Waals surface area contributed by atoms with Crippen LogP contribution in [0.4, 0.5) is 0 Å². The van der Waals surface area contributed by atoms with Crippen molar-refractivity contribution < 1.29 is 102 Å². The quantitative estimate of drug-likeness (QED) is 0.0256. The Labute approximate surface area is 785 Å². The minimum Gasteiger partial charge on any atom is -0.508 e. The van der Waals surface area contributed by atoms with E-state index in [1.54, 1.807) is 96.3 Å². The molecular formula is C92H127N21O21S. The second-order valence-electron chi connectivity index (χ2n) is 34.9. The number of phenols is 1. The Kier molecular flexibility index (Phi) is 42.1. The summed E-state index contributed by atoms with van der Waals surface area (Å²) in [7, 11) is 1.28. The van der Waals surface area contributed by atoms with E-state index in [0.29, 0.717) is 45.9 Å². The molecule has 0 saturated carbocycles. The number of carboxylic acid groups (broad SMARTS) is 1. The Morgan fingerprint density at radius 1 is 0.496 bits per heavy atom. The summed E-state index contributed by atoms with van der Waals surface area (Å²) < 4.78 is 0. The van der Waals surface area contributed by atoms with Gasteiger partial charge in [0.15, 0.2) is 0 Å². The molecule has 6 aromatic rings. The third kappa shape index (κ3) is 34.0. The molecule has 1 saturated heterocycles. The molecule has 0 spiro atoms. The predicted octanol–water partition coefficient (Wildman–Crippen LogP) is -1.70. The molecule has 0 unspecified atom stereocenters. The van der Waals surface area contributed by atoms with Crippen LogP contribution < -0.4 is 91.6 Å². The van der Waals surface area contributed by atoms with Crippen LogP contribution >= 0.6 is 11.8 Å². The average Bonchev–Trinajstić information content (AvgIpc) is 1.69. The van der Waals surface area contributed by atoms with Gasteiger partial charge in [-0.25, -0.2) is 4.98 Å². The van der Waals surface area contributed by atoms with E-state index in [0.717, 1.165) is 16.0 Å². The summed E-state index contributed by atoms with van der Waals surface area (Å²) in [5.74, 6) is -23.3. The summed E-state index contributed by atoms with van der Waals surface area (Å²) in [6, 6.07) is 3.67. The maximum atomic E-state index is 15.5. The molecular weight excluding hydrogens is 1770 g/mol. The van der Waals surface area contributed by atoms with Crippen LogP contribution in [0.25, 0.3) is 22.0 Å². The first-order chi connectivity index (χ1) is 63.9. The summed E-state index contributed by atoms with van der Waals surface area (Å²) >= 11 is 0.616. The van der Waals surface area contributed by atoms with Crippen LogP contribution in [0.2, 0.25) is 0 Å². The largest absolute Gasteiger partial charge is 0.508 e. The average molecular weight is 1900 g/mol. The molecule has 0 bridgehead atoms. The third-order valence-corrected chi connectivity index (χ3v) is 23.4. The monoisotopic (exact) mass is 1890 g/mol. The van der Waals surface area contributed by atoms with Gasteiger partial charge in [-0.1, -0.05) is 140 Å². The fourth-order valence-corrected chi connectivity index (χ4v) is 15.5. The van der Waals surface area contributed by atoms with E-state index >= 15 is 24.0 Å². The molecule has 732 valence electrons. The molecule has 0 aliphatic carbocycles. The van der Waals surface area contributed by atoms with Gasteiger partial charge < -0.3 is 122 Å². The van der Waals surface area contributed by atoms with Gasteiger partial charge in [0, 0.05) is 67.5 Å². The van der Waals surface area contributed by atoms with Crippen LogP contribution in [-0.4, -0.2) is 264 Å². The Balaban J connectivity index is 1.33. The number of aromatic hydroxyl groups is 1. The standard InChI is InChI=1S/C92H127N21O21S/c1-47(2)33-63-81(123)101-62(23-17-18-32-93)80(122)103-64(34-48(3)4)86(128)111-77(50(7)8)91(133)109-71(43-114)88(130)110-72(89(131)99-51(9)78(95)120)44-135-45-74(117)100-68(39-73(94)116)84(126)104-65(36-54-26-30-59(115)31-27-54)82(124)106-69(40-75(118)119)85(127)105-67(37-57-41-97-61-22-16-15-21-60(57)61)87(129)112-76(49(5)6)90(132)107-66(35-53-24-28-56(29-25-53)55-19-13-12-14-20-55)83(125)108-70(38-58-42-96-46-98-58)92(134)113(11)52(10)79(121)102-63/h12-16,19-22,24-31,41-42,46-52,62-72,76-77,97,114-115H,17-18,23,32-40,43-45,93H2,1-11H3,(H2,94,116)(H2,95,120)(H,96,98)(H,99,131)(H,100,117)(H,101,123)(H,102,121)(H,103,122)(H,104,126)(H,105,127)(H,106,124)(H,107,132)(H,108,125)(H,109,133)(H,110,130)(H,111,128)(H,112,129)(H,118,119)/t51-,52-,62-,63+,64-,65-,66-,67-,68-,69-,70-,71-,72-,76-,77-/m0/s1. The second-order valence-corrected chi connectivity index (χ2v) is 36.0. The number of aromatic amines is 2. The smallest absolute Gasteiger partial charge is 0.305 e. The molecule has 1 aliphatic heterocycles. The number of H-pyrrole nitrogens is 2. The number of likely N-dealkylation sites (N-methyl/N-ethyl adjacent to an activating group) is 1. The number of aliphatic carboxylic acids is 1. The SMILES string of the molecule is CC(C)C[C@@H]1NC(=O)[C@H](CCCCN)NC(=O)[C@@H](CC(C)C)NC(=O)[C@H](C)N(C)C(=O)[C@H](Cc2cnc[nH]2)NC(=O)[C@H](Cc2ccc(-c3ccccc3)cc2)NC(=O)[C@H](C(C)C)NC(=O)[C@H](Cc2c[nH]c3ccccc23)NC(=O)[C@H](CC(=O)O)NC(=O)[C@H](Cc2ccc(O)cc2)NC(=O)[C@H](CC(N)=O)NC(=O)CSC[C@@H](C(=O)N[C@@H](C)C(N)=O)NC(=O)[C@H](CO)NC(=O)[C@H](C(C)C)NC1=O. The van der Waals surface area contributed by atoms with Crippen molar-refractivity contribution in [3.8, 4) is 16.9 Å². The molecule has 17 amide bonds. The molecule has 42 nitrogen and oxygen atoms in total. The zero-order valence-corrected chi connectivity index (χ0v) is 78.2. The molecule has 43 heteroatoms. The highest BCUT2D eigenvalue weighted by molar-refractivity contribution is 8.00. The summed E-state index contributed by atoms with van der Waals surface area (Å²) in [6.07, 6.45) is 1.13. The number of imidazole rings is 1. The highest BCUT2D eigenvalue weighted by Gasteiger charge is 2.41. The first kappa shape index (κ1) is 108. The number of amides is 17. The zero-order chi connectivity index (χ0) is 99.6. The van der Waals surface area contributed by atoms with Gasteiger partial charge in [0.05, 0.1) is 31.5 Å². The number of unbranched alkanes of at least 4 members (excludes halogenated alkanes) is 1. The number of benzene rings is 4. The number of thioether (sulfide) groups is 1. The number of aliphatic hydroxyl groups excluding tert-OH is 1. The van der Waals surface area contributed by atoms with Crippen molar-refractivity contribution in [3.05, 3.63) is 144 Å². The molecule has 1 aliphatic rings. The van der Waals surface area contributed by atoms with Crippen molar-refractivity contribution in [1.82, 2.24) is 94.3 Å². The van der Waals surface area contributed by atoms with Crippen LogP contribution in [-0.2, 0) is 112 Å². The van der Waals surface area contributed by atoms with Crippen molar-refractivity contribution in [2.45, 2.75) is 230 Å². The van der Waals surface area contributed by atoms with Gasteiger partial charge >= 0.3 is 5.97 Å². The van der Waals surface area contributed by atoms with Crippen LogP contribution in [0.5, 0.6) is 5.75 Å². The van der Waals surface area contributed by atoms with Gasteiger partial charge in [-0.3, -0.25) is 86.3 Å². The van der Waals surface area contributed by atoms with E-state index < -0.39 is 253 Å². The number of nitrogens with two attached hydrogens (primary N) is 3. The number of aromatic nitrogens is 3. The molecule has 3 heterocycles. The number of hydrogen-bond acceptors (Lipinski definition) is 23. The normalized spacial score (nSPS) is 23.4. The van der Waals surface area contributed by atoms with Crippen molar-refractivity contribution in [1.29, 1.82) is 0 Å². The van der Waals surface area contributed by atoms with Gasteiger partial charge in [-0.15, -0.1) is 11.8 Å². The Bertz CT molecular complexity index is 5120. The fraction of sp³-hybridized carbons (Fsp3) is 0.489. The molecule has 7 rings (SSSR count). The van der Waals surface area contributed by atoms with E-state index in [-0.39, 0.29) is 68.2 Å². The Morgan fingerprint density at radius 2 is 0.956 bits per heavy atom. The van der Waals surface area contributed by atoms with Crippen LogP contribution in [0.1, 0.15) is 137 Å². The summed E-state index contributed by atoms with van der Waals surface area (Å²) in [5.41, 5.74) is 20.6. The second kappa shape index (κ2) is 52.6. The fourth-order valence-electron chi connectivity index (χ4n) is 14.7. The maximum absolute atomic E-state index is 15.5. The van der Waals surface area contributed by atoms with Crippen LogP contribution in [0.3, 0.4) is 0 Å². The molecule has 15 atom stereocenters. The van der Waals surface area contributed by atoms with E-state index in [1.807, 2.05) is 30.3 Å². The molecule has 135 heavy (non-hydrogen) atoms. The van der Waals surface area contributed by atoms with Gasteiger partial charge in [-0.2, -0.15) is 0 Å². The lowest BCUT2D eigenvalue weighted by Crippen LogP contribution is -2.62. The van der Waals surface area contributed by atoms with Crippen LogP contribution in [0.15, 0.2) is 122 Å². The number of carbonyl (C=O) groups is 18. The lowest BCUT2D eigenvalue weighted by atomic mass is 9.98. The predicted molar refractivity (Wildman–Crippen MR) is 498 cm³/mol. The van der Waals surface area contributed by atoms with Crippen molar-refractivity contribution in [2.75, 3.05) is 31.7 Å². The summed E-state index contributed by atoms with van der Waals surface area (Å²) in [6.45, 7) is 14.8. The van der Waals surface area contributed by atoms with Gasteiger partial charge in [-0.05, 0) is 122 Å². The Morgan fingerprint density at radius 3 is 1.49 bits per heavy atom. The number of carbonyl (C=O) groups excluding carboxylic acids is 17. The lowest BCUT2D eigenvalue weighted by Gasteiger charge is -2.32. The summed E-state index contributed by atoms with van der Waals surface area (Å²) in [5, 5.41) is 67.8. The minimum absolute atomic E-state index is 0.0308. The number of carboxylic acids is 1. The number of nitrogens with zero attached hydrogens (tertiary/aromatic N) is 2. The number of hydrogen-bond donors (Lipinski definition) is 22. The number of nitrogens with one attached hydrogen (secondary N) is 16. The number of para-hydroxylation sites is 1. The first-order valence-corrected chi connectivity index (χ1v) is 45.7. The number of rotatable bonds is 27. The van der Waals surface area contributed by atoms with Crippen molar-refractivity contribution >= 4 is 129 Å². The first-order valence-electron chi connectivity index (χ1n) is 44.6. The highest BCUT2D eigenvalue weighted by Crippen LogP contribution is 2.24. The van der Waals surface area contributed by atoms with Crippen molar-refractivity contribution in [3.63, 3.8) is 0 Å². The van der Waals surface area contributed by atoms with E-state index in [9.17, 15) is 77.6 Å². The van der Waals surface area contributed by atoms with Gasteiger partial charge in [0.25, 0.3) is 0 Å². The van der Waals surface area contributed by atoms with E-state index in [2.05, 4.69) is 89.4 Å². The van der Waals surface area contributed by atoms with E-state index in [1.165, 1.54) is 71.5 Å². The minimum atomic E-state index is -2.12. The van der Waals surface area contributed by atoms with Gasteiger partial charge in [0.2, 0.25) is 100 Å². The van der Waals surface area contributed by atoms with E-state index in [4.69, 9.17) is 17.2 Å². The molecule has 4 aromatic carbocycles. The molecule has 1 fully saturated rings. The molecule has 2 aromatic heterocycles. The van der Waals surface area contributed by atoms with Crippen LogP contribution in [0, 0.1) is 23.7 Å². The number of phenolic OH excluding ortho intramolecular Hbond substituents is 1. The lowest BCUT2D eigenvalue weighted by molar-refractivity contribution is -0.142. The zero-order valence-electron chi connectivity index (χ0n) is 77.3. The third-order valence-electron chi connectivity index (χ3n) is 22.4. The number of fused-ring (bicyclic) bond motifs is 1. The Hall–Kier alpha value is -13.8. The topological polar surface area (TPSA) is 662 Å². The maximum Gasteiger partial charge on any atom is 0.305 e. The summed E-state index contributed by atoms with van der Waals surface area (Å²) in [4.78, 5) is 271. The number of primary amides is 2. The van der Waals surface area contributed by atoms with Gasteiger partial charge in [0.1, 0.15) is 96.4 Å². The van der Waals surface area contributed by atoms with Crippen molar-refractivity contribution in [2.24, 2.45) is 40.9 Å². The number of aliphatic hydroxyl groups is 1. The highest BCUT2D eigenvalue weighted by atomic mass is 32.2. The molecule has 25 N–H and O–H groups in total.